The highest BCUT2D eigenvalue weighted by Crippen LogP contribution is 2.39. The highest BCUT2D eigenvalue weighted by Gasteiger charge is 2.34. The summed E-state index contributed by atoms with van der Waals surface area (Å²) in [4.78, 5) is 0. The second-order valence-electron chi connectivity index (χ2n) is 5.48. The fraction of sp³-hybridized carbons (Fsp3) is 0.571. The molecule has 18 heavy (non-hydrogen) atoms. The van der Waals surface area contributed by atoms with E-state index in [0.717, 1.165) is 17.9 Å². The molecule has 98 valence electrons. The van der Waals surface area contributed by atoms with Gasteiger partial charge in [0.1, 0.15) is 5.82 Å². The smallest absolute Gasteiger partial charge is 0.143 e. The number of hydrogen-bond donors (Lipinski definition) is 2. The molecule has 1 fully saturated rings. The van der Waals surface area contributed by atoms with E-state index < -0.39 is 0 Å². The Hall–Kier alpha value is -0.960. The van der Waals surface area contributed by atoms with Crippen LogP contribution in [0.3, 0.4) is 0 Å². The first kappa shape index (κ1) is 12.1. The van der Waals surface area contributed by atoms with Gasteiger partial charge in [0.15, 0.2) is 0 Å². The van der Waals surface area contributed by atoms with Crippen LogP contribution in [0.4, 0.5) is 15.8 Å². The third-order valence-electron chi connectivity index (χ3n) is 4.14. The average Bonchev–Trinajstić information content (AvgIpc) is 2.57. The highest BCUT2D eigenvalue weighted by molar-refractivity contribution is 6.31. The predicted octanol–water partition coefficient (Wildman–Crippen LogP) is 4.41. The molecule has 1 aliphatic carbocycles. The van der Waals surface area contributed by atoms with Crippen LogP contribution in [-0.2, 0) is 0 Å². The van der Waals surface area contributed by atoms with Gasteiger partial charge < -0.3 is 10.6 Å². The van der Waals surface area contributed by atoms with Crippen LogP contribution in [0.15, 0.2) is 12.1 Å². The molecule has 1 aliphatic heterocycles. The summed E-state index contributed by atoms with van der Waals surface area (Å²) in [6, 6.07) is 3.18. The Morgan fingerprint density at radius 2 is 1.78 bits per heavy atom. The largest absolute Gasteiger partial charge is 0.381 e. The van der Waals surface area contributed by atoms with Gasteiger partial charge in [0.25, 0.3) is 0 Å². The van der Waals surface area contributed by atoms with Gasteiger partial charge in [0.05, 0.1) is 21.9 Å². The van der Waals surface area contributed by atoms with Gasteiger partial charge in [-0.1, -0.05) is 37.3 Å². The van der Waals surface area contributed by atoms with Crippen LogP contribution < -0.4 is 10.6 Å². The summed E-state index contributed by atoms with van der Waals surface area (Å²) < 4.78 is 13.4. The van der Waals surface area contributed by atoms with Crippen molar-refractivity contribution in [1.29, 1.82) is 0 Å². The van der Waals surface area contributed by atoms with Crippen molar-refractivity contribution in [2.45, 2.75) is 44.1 Å². The Balaban J connectivity index is 1.89. The zero-order chi connectivity index (χ0) is 12.6. The molecular weight excluding hydrogens is 251 g/mol. The van der Waals surface area contributed by atoms with E-state index in [1.54, 1.807) is 6.07 Å². The molecule has 2 aliphatic rings. The highest BCUT2D eigenvalue weighted by atomic mass is 35.5. The van der Waals surface area contributed by atoms with Crippen molar-refractivity contribution in [1.82, 2.24) is 0 Å². The van der Waals surface area contributed by atoms with E-state index in [-0.39, 0.29) is 16.4 Å². The summed E-state index contributed by atoms with van der Waals surface area (Å²) in [5, 5.41) is 7.15. The standard InChI is InChI=1S/C14H18ClFN2/c15-10-7-13-12(8-11(10)16)17-9-14(18-13)5-3-1-2-4-6-14/h7-8,17-18H,1-6,9H2. The number of fused-ring (bicyclic) bond motifs is 1. The lowest BCUT2D eigenvalue weighted by molar-refractivity contribution is 0.423. The van der Waals surface area contributed by atoms with Crippen LogP contribution in [0.5, 0.6) is 0 Å². The van der Waals surface area contributed by atoms with Crippen molar-refractivity contribution < 1.29 is 4.39 Å². The predicted molar refractivity (Wildman–Crippen MR) is 74.0 cm³/mol. The zero-order valence-corrected chi connectivity index (χ0v) is 11.1. The molecule has 0 radical (unpaired) electrons. The number of benzene rings is 1. The van der Waals surface area contributed by atoms with Crippen LogP contribution in [-0.4, -0.2) is 12.1 Å². The Labute approximate surface area is 112 Å². The molecule has 1 aromatic rings. The summed E-state index contributed by atoms with van der Waals surface area (Å²) in [5.74, 6) is -0.360. The molecule has 1 spiro atoms. The van der Waals surface area contributed by atoms with E-state index in [1.165, 1.54) is 44.6 Å². The number of anilines is 2. The molecule has 0 atom stereocenters. The van der Waals surface area contributed by atoms with Crippen molar-refractivity contribution >= 4 is 23.0 Å². The van der Waals surface area contributed by atoms with Gasteiger partial charge in [0.2, 0.25) is 0 Å². The first-order chi connectivity index (χ1) is 8.69. The third-order valence-corrected chi connectivity index (χ3v) is 4.43. The first-order valence-electron chi connectivity index (χ1n) is 6.70. The third kappa shape index (κ3) is 2.16. The average molecular weight is 269 g/mol. The van der Waals surface area contributed by atoms with E-state index in [1.807, 2.05) is 0 Å². The minimum Gasteiger partial charge on any atom is -0.381 e. The monoisotopic (exact) mass is 268 g/mol. The van der Waals surface area contributed by atoms with Crippen molar-refractivity contribution in [3.8, 4) is 0 Å². The lowest BCUT2D eigenvalue weighted by Gasteiger charge is -2.40. The van der Waals surface area contributed by atoms with Gasteiger partial charge in [-0.05, 0) is 18.9 Å². The first-order valence-corrected chi connectivity index (χ1v) is 7.07. The molecule has 0 amide bonds. The van der Waals surface area contributed by atoms with Gasteiger partial charge in [-0.15, -0.1) is 0 Å². The van der Waals surface area contributed by atoms with Crippen LogP contribution in [0.2, 0.25) is 5.02 Å². The fourth-order valence-corrected chi connectivity index (χ4v) is 3.26. The molecule has 1 heterocycles. The van der Waals surface area contributed by atoms with Crippen LogP contribution in [0, 0.1) is 5.82 Å². The number of nitrogens with one attached hydrogen (secondary N) is 2. The van der Waals surface area contributed by atoms with Crippen LogP contribution >= 0.6 is 11.6 Å². The molecule has 3 rings (SSSR count). The van der Waals surface area contributed by atoms with E-state index in [9.17, 15) is 4.39 Å². The molecule has 2 nitrogen and oxygen atoms in total. The minimum absolute atomic E-state index is 0.130. The Bertz CT molecular complexity index is 453. The quantitative estimate of drug-likeness (QED) is 0.728. The van der Waals surface area contributed by atoms with E-state index in [4.69, 9.17) is 11.6 Å². The summed E-state index contributed by atoms with van der Waals surface area (Å²) >= 11 is 5.86. The zero-order valence-electron chi connectivity index (χ0n) is 10.4. The Morgan fingerprint density at radius 3 is 2.50 bits per heavy atom. The van der Waals surface area contributed by atoms with Crippen LogP contribution in [0.25, 0.3) is 0 Å². The molecule has 2 N–H and O–H groups in total. The Morgan fingerprint density at radius 1 is 1.06 bits per heavy atom. The maximum Gasteiger partial charge on any atom is 0.143 e. The summed E-state index contributed by atoms with van der Waals surface area (Å²) in [7, 11) is 0. The fourth-order valence-electron chi connectivity index (χ4n) is 3.10. The Kier molecular flexibility index (Phi) is 3.10. The molecule has 4 heteroatoms. The molecule has 1 saturated carbocycles. The van der Waals surface area contributed by atoms with E-state index in [0.29, 0.717) is 0 Å². The van der Waals surface area contributed by atoms with Crippen LogP contribution in [0.1, 0.15) is 38.5 Å². The number of hydrogen-bond acceptors (Lipinski definition) is 2. The van der Waals surface area contributed by atoms with Gasteiger partial charge >= 0.3 is 0 Å². The van der Waals surface area contributed by atoms with E-state index in [2.05, 4.69) is 10.6 Å². The maximum atomic E-state index is 13.4. The molecule has 0 unspecified atom stereocenters. The van der Waals surface area contributed by atoms with Gasteiger partial charge in [-0.25, -0.2) is 4.39 Å². The topological polar surface area (TPSA) is 24.1 Å². The van der Waals surface area contributed by atoms with Gasteiger partial charge in [-0.2, -0.15) is 0 Å². The lowest BCUT2D eigenvalue weighted by atomic mass is 9.88. The van der Waals surface area contributed by atoms with E-state index >= 15 is 0 Å². The number of rotatable bonds is 0. The second kappa shape index (κ2) is 4.61. The lowest BCUT2D eigenvalue weighted by Crippen LogP contribution is -2.47. The molecule has 1 aromatic carbocycles. The van der Waals surface area contributed by atoms with Gasteiger partial charge in [0, 0.05) is 12.6 Å². The maximum absolute atomic E-state index is 13.4. The van der Waals surface area contributed by atoms with Crippen molar-refractivity contribution in [2.24, 2.45) is 0 Å². The molecule has 0 bridgehead atoms. The second-order valence-corrected chi connectivity index (χ2v) is 5.89. The minimum atomic E-state index is -0.360. The van der Waals surface area contributed by atoms with Gasteiger partial charge in [-0.3, -0.25) is 0 Å². The SMILES string of the molecule is Fc1cc2c(cc1Cl)NC1(CCCCCC1)CN2. The van der Waals surface area contributed by atoms with Crippen molar-refractivity contribution in [3.05, 3.63) is 23.0 Å². The normalized spacial score (nSPS) is 21.7. The molecule has 0 aromatic heterocycles. The number of halogens is 2. The summed E-state index contributed by atoms with van der Waals surface area (Å²) in [5.41, 5.74) is 1.89. The van der Waals surface area contributed by atoms with Crippen molar-refractivity contribution in [2.75, 3.05) is 17.2 Å². The van der Waals surface area contributed by atoms with Crippen molar-refractivity contribution in [3.63, 3.8) is 0 Å². The molecular formula is C14H18ClFN2. The molecule has 0 saturated heterocycles. The summed E-state index contributed by atoms with van der Waals surface area (Å²) in [6.07, 6.45) is 7.52. The summed E-state index contributed by atoms with van der Waals surface area (Å²) in [6.45, 7) is 0.876.